The SMILES string of the molecule is CCOCCN1CCC(CNC(=O)c2ccon2)CC1. The van der Waals surface area contributed by atoms with Gasteiger partial charge in [-0.25, -0.2) is 0 Å². The molecule has 1 N–H and O–H groups in total. The molecule has 0 spiro atoms. The van der Waals surface area contributed by atoms with E-state index in [0.29, 0.717) is 18.2 Å². The van der Waals surface area contributed by atoms with E-state index < -0.39 is 0 Å². The first-order valence-corrected chi connectivity index (χ1v) is 7.28. The largest absolute Gasteiger partial charge is 0.380 e. The van der Waals surface area contributed by atoms with Crippen molar-refractivity contribution >= 4 is 5.91 Å². The molecule has 112 valence electrons. The summed E-state index contributed by atoms with van der Waals surface area (Å²) >= 11 is 0. The minimum Gasteiger partial charge on any atom is -0.380 e. The Labute approximate surface area is 119 Å². The van der Waals surface area contributed by atoms with Crippen molar-refractivity contribution in [3.8, 4) is 0 Å². The first-order chi connectivity index (χ1) is 9.79. The second kappa shape index (κ2) is 8.01. The number of nitrogens with one attached hydrogen (secondary N) is 1. The maximum Gasteiger partial charge on any atom is 0.273 e. The van der Waals surface area contributed by atoms with Gasteiger partial charge in [-0.3, -0.25) is 4.79 Å². The van der Waals surface area contributed by atoms with Crippen LogP contribution in [0.5, 0.6) is 0 Å². The van der Waals surface area contributed by atoms with Crippen LogP contribution in [0.4, 0.5) is 0 Å². The number of nitrogens with zero attached hydrogens (tertiary/aromatic N) is 2. The highest BCUT2D eigenvalue weighted by atomic mass is 16.5. The number of rotatable bonds is 7. The Bertz CT molecular complexity index is 386. The number of carbonyl (C=O) groups excluding carboxylic acids is 1. The molecule has 0 aliphatic carbocycles. The minimum absolute atomic E-state index is 0.155. The maximum atomic E-state index is 11.7. The van der Waals surface area contributed by atoms with Gasteiger partial charge in [-0.15, -0.1) is 0 Å². The molecule has 1 saturated heterocycles. The molecule has 20 heavy (non-hydrogen) atoms. The third kappa shape index (κ3) is 4.61. The van der Waals surface area contributed by atoms with Crippen molar-refractivity contribution in [3.63, 3.8) is 0 Å². The molecule has 1 fully saturated rings. The predicted molar refractivity (Wildman–Crippen MR) is 74.5 cm³/mol. The Morgan fingerprint density at radius 2 is 2.35 bits per heavy atom. The molecular weight excluding hydrogens is 258 g/mol. The summed E-state index contributed by atoms with van der Waals surface area (Å²) in [5.41, 5.74) is 0.346. The van der Waals surface area contributed by atoms with E-state index in [1.807, 2.05) is 6.92 Å². The van der Waals surface area contributed by atoms with E-state index in [2.05, 4.69) is 19.9 Å². The Morgan fingerprint density at radius 1 is 1.55 bits per heavy atom. The quantitative estimate of drug-likeness (QED) is 0.759. The number of hydrogen-bond acceptors (Lipinski definition) is 5. The molecule has 1 aromatic rings. The summed E-state index contributed by atoms with van der Waals surface area (Å²) in [6.07, 6.45) is 3.64. The van der Waals surface area contributed by atoms with Gasteiger partial charge in [-0.1, -0.05) is 5.16 Å². The van der Waals surface area contributed by atoms with E-state index in [9.17, 15) is 4.79 Å². The molecule has 0 bridgehead atoms. The highest BCUT2D eigenvalue weighted by molar-refractivity contribution is 5.91. The average Bonchev–Trinajstić information content (AvgIpc) is 3.01. The Hall–Kier alpha value is -1.40. The van der Waals surface area contributed by atoms with Crippen LogP contribution in [0.2, 0.25) is 0 Å². The highest BCUT2D eigenvalue weighted by Crippen LogP contribution is 2.16. The third-order valence-corrected chi connectivity index (χ3v) is 3.68. The number of hydrogen-bond donors (Lipinski definition) is 1. The van der Waals surface area contributed by atoms with Gasteiger partial charge in [0.05, 0.1) is 6.61 Å². The van der Waals surface area contributed by atoms with Gasteiger partial charge in [0.15, 0.2) is 5.69 Å². The van der Waals surface area contributed by atoms with E-state index in [4.69, 9.17) is 4.74 Å². The van der Waals surface area contributed by atoms with Crippen LogP contribution in [0.3, 0.4) is 0 Å². The van der Waals surface area contributed by atoms with Crippen LogP contribution in [0.1, 0.15) is 30.3 Å². The standard InChI is InChI=1S/C14H23N3O3/c1-2-19-10-8-17-6-3-12(4-7-17)11-15-14(18)13-5-9-20-16-13/h5,9,12H,2-4,6-8,10-11H2,1H3,(H,15,18). The number of likely N-dealkylation sites (tertiary alicyclic amines) is 1. The fourth-order valence-corrected chi connectivity index (χ4v) is 2.41. The molecule has 1 aromatic heterocycles. The summed E-state index contributed by atoms with van der Waals surface area (Å²) in [6.45, 7) is 7.49. The van der Waals surface area contributed by atoms with Crippen LogP contribution < -0.4 is 5.32 Å². The summed E-state index contributed by atoms with van der Waals surface area (Å²) in [7, 11) is 0. The molecule has 6 heteroatoms. The Kier molecular flexibility index (Phi) is 6.01. The predicted octanol–water partition coefficient (Wildman–Crippen LogP) is 1.15. The van der Waals surface area contributed by atoms with Crippen LogP contribution in [0, 0.1) is 5.92 Å². The molecular formula is C14H23N3O3. The summed E-state index contributed by atoms with van der Waals surface area (Å²) in [5, 5.41) is 6.54. The normalized spacial score (nSPS) is 17.2. The van der Waals surface area contributed by atoms with Gasteiger partial charge >= 0.3 is 0 Å². The van der Waals surface area contributed by atoms with Crippen molar-refractivity contribution < 1.29 is 14.1 Å². The summed E-state index contributed by atoms with van der Waals surface area (Å²) in [4.78, 5) is 14.1. The van der Waals surface area contributed by atoms with Crippen LogP contribution in [-0.2, 0) is 4.74 Å². The topological polar surface area (TPSA) is 67.6 Å². The lowest BCUT2D eigenvalue weighted by atomic mass is 9.97. The zero-order chi connectivity index (χ0) is 14.2. The highest BCUT2D eigenvalue weighted by Gasteiger charge is 2.20. The number of aromatic nitrogens is 1. The molecule has 0 radical (unpaired) electrons. The lowest BCUT2D eigenvalue weighted by Crippen LogP contribution is -2.40. The van der Waals surface area contributed by atoms with E-state index in [1.54, 1.807) is 6.07 Å². The Morgan fingerprint density at radius 3 is 3.00 bits per heavy atom. The van der Waals surface area contributed by atoms with Crippen molar-refractivity contribution in [2.45, 2.75) is 19.8 Å². The molecule has 1 amide bonds. The van der Waals surface area contributed by atoms with Crippen molar-refractivity contribution in [2.75, 3.05) is 39.4 Å². The zero-order valence-electron chi connectivity index (χ0n) is 12.0. The van der Waals surface area contributed by atoms with Crippen molar-refractivity contribution in [1.29, 1.82) is 0 Å². The lowest BCUT2D eigenvalue weighted by molar-refractivity contribution is 0.0886. The fourth-order valence-electron chi connectivity index (χ4n) is 2.41. The number of ether oxygens (including phenoxy) is 1. The van der Waals surface area contributed by atoms with Gasteiger partial charge in [0, 0.05) is 25.8 Å². The molecule has 1 aliphatic rings. The van der Waals surface area contributed by atoms with Crippen LogP contribution in [0.15, 0.2) is 16.9 Å². The molecule has 0 unspecified atom stereocenters. The van der Waals surface area contributed by atoms with E-state index >= 15 is 0 Å². The number of amides is 1. The van der Waals surface area contributed by atoms with Gasteiger partial charge < -0.3 is 19.5 Å². The average molecular weight is 281 g/mol. The second-order valence-electron chi connectivity index (χ2n) is 5.08. The van der Waals surface area contributed by atoms with Gasteiger partial charge in [-0.2, -0.15) is 0 Å². The first kappa shape index (κ1) is 15.0. The van der Waals surface area contributed by atoms with E-state index in [0.717, 1.165) is 45.7 Å². The maximum absolute atomic E-state index is 11.7. The molecule has 6 nitrogen and oxygen atoms in total. The van der Waals surface area contributed by atoms with Gasteiger partial charge in [0.2, 0.25) is 0 Å². The third-order valence-electron chi connectivity index (χ3n) is 3.68. The van der Waals surface area contributed by atoms with Crippen molar-refractivity contribution in [3.05, 3.63) is 18.0 Å². The van der Waals surface area contributed by atoms with E-state index in [-0.39, 0.29) is 5.91 Å². The first-order valence-electron chi connectivity index (χ1n) is 7.28. The van der Waals surface area contributed by atoms with Crippen LogP contribution in [-0.4, -0.2) is 55.4 Å². The van der Waals surface area contributed by atoms with Crippen LogP contribution in [0.25, 0.3) is 0 Å². The smallest absolute Gasteiger partial charge is 0.273 e. The monoisotopic (exact) mass is 281 g/mol. The van der Waals surface area contributed by atoms with Gasteiger partial charge in [-0.05, 0) is 38.8 Å². The number of carbonyl (C=O) groups is 1. The lowest BCUT2D eigenvalue weighted by Gasteiger charge is -2.31. The fraction of sp³-hybridized carbons (Fsp3) is 0.714. The molecule has 0 atom stereocenters. The Balaban J connectivity index is 1.61. The minimum atomic E-state index is -0.155. The zero-order valence-corrected chi connectivity index (χ0v) is 12.0. The molecule has 1 aliphatic heterocycles. The molecule has 0 saturated carbocycles. The van der Waals surface area contributed by atoms with Gasteiger partial charge in [0.25, 0.3) is 5.91 Å². The summed E-state index contributed by atoms with van der Waals surface area (Å²) in [5.74, 6) is 0.395. The van der Waals surface area contributed by atoms with Crippen molar-refractivity contribution in [2.24, 2.45) is 5.92 Å². The van der Waals surface area contributed by atoms with Gasteiger partial charge in [0.1, 0.15) is 6.26 Å². The molecule has 2 rings (SSSR count). The van der Waals surface area contributed by atoms with Crippen LogP contribution >= 0.6 is 0 Å². The summed E-state index contributed by atoms with van der Waals surface area (Å²) in [6, 6.07) is 1.58. The second-order valence-corrected chi connectivity index (χ2v) is 5.08. The van der Waals surface area contributed by atoms with E-state index in [1.165, 1.54) is 6.26 Å². The number of piperidine rings is 1. The summed E-state index contributed by atoms with van der Waals surface area (Å²) < 4.78 is 10.0. The molecule has 2 heterocycles. The molecule has 0 aromatic carbocycles. The van der Waals surface area contributed by atoms with Crippen molar-refractivity contribution in [1.82, 2.24) is 15.4 Å².